The Morgan fingerprint density at radius 3 is 1.41 bits per heavy atom. The quantitative estimate of drug-likeness (QED) is 0.187. The van der Waals surface area contributed by atoms with E-state index in [1.54, 1.807) is 0 Å². The van der Waals surface area contributed by atoms with Crippen molar-refractivity contribution in [3.8, 4) is 11.5 Å². The van der Waals surface area contributed by atoms with E-state index in [9.17, 15) is 0 Å². The van der Waals surface area contributed by atoms with Crippen LogP contribution >= 0.6 is 23.5 Å². The third-order valence-electron chi connectivity index (χ3n) is 8.37. The van der Waals surface area contributed by atoms with E-state index in [1.807, 2.05) is 35.7 Å². The van der Waals surface area contributed by atoms with Gasteiger partial charge in [-0.2, -0.15) is 0 Å². The summed E-state index contributed by atoms with van der Waals surface area (Å²) in [5.74, 6) is 1.75. The van der Waals surface area contributed by atoms with Gasteiger partial charge in [0.25, 0.3) is 0 Å². The molecule has 3 aliphatic heterocycles. The molecule has 0 amide bonds. The highest BCUT2D eigenvalue weighted by atomic mass is 32.2. The van der Waals surface area contributed by atoms with Crippen molar-refractivity contribution in [3.05, 3.63) is 140 Å². The third-order valence-corrected chi connectivity index (χ3v) is 16.4. The Bertz CT molecular complexity index is 1870. The van der Waals surface area contributed by atoms with Crippen LogP contribution in [0.25, 0.3) is 0 Å². The molecular formula is C36H23NOS2Si. The van der Waals surface area contributed by atoms with Crippen LogP contribution in [-0.4, -0.2) is 8.07 Å². The predicted octanol–water partition coefficient (Wildman–Crippen LogP) is 7.57. The Balaban J connectivity index is 1.38. The van der Waals surface area contributed by atoms with Gasteiger partial charge >= 0.3 is 0 Å². The minimum Gasteiger partial charge on any atom is -0.453 e. The van der Waals surface area contributed by atoms with Gasteiger partial charge in [0, 0.05) is 25.3 Å². The molecule has 0 atom stereocenters. The molecule has 1 spiro atoms. The smallest absolute Gasteiger partial charge is 0.184 e. The highest BCUT2D eigenvalue weighted by molar-refractivity contribution is 8.01. The Morgan fingerprint density at radius 2 is 0.878 bits per heavy atom. The molecule has 0 unspecified atom stereocenters. The fourth-order valence-electron chi connectivity index (χ4n) is 6.73. The van der Waals surface area contributed by atoms with Crippen LogP contribution in [0.5, 0.6) is 11.5 Å². The number of fused-ring (bicyclic) bond motifs is 10. The highest BCUT2D eigenvalue weighted by Gasteiger charge is 2.51. The van der Waals surface area contributed by atoms with Crippen molar-refractivity contribution in [1.29, 1.82) is 0 Å². The second-order valence-electron chi connectivity index (χ2n) is 10.5. The second-order valence-corrected chi connectivity index (χ2v) is 16.3. The number of rotatable bonds is 1. The van der Waals surface area contributed by atoms with E-state index >= 15 is 0 Å². The van der Waals surface area contributed by atoms with Crippen LogP contribution in [0, 0.1) is 0 Å². The molecule has 9 rings (SSSR count). The van der Waals surface area contributed by atoms with E-state index in [-0.39, 0.29) is 0 Å². The van der Waals surface area contributed by atoms with Gasteiger partial charge < -0.3 is 9.64 Å². The van der Waals surface area contributed by atoms with Gasteiger partial charge in [-0.05, 0) is 81.4 Å². The summed E-state index contributed by atoms with van der Waals surface area (Å²) in [5.41, 5.74) is 3.28. The zero-order valence-corrected chi connectivity index (χ0v) is 24.6. The van der Waals surface area contributed by atoms with Crippen LogP contribution in [0.2, 0.25) is 0 Å². The Labute approximate surface area is 248 Å². The zero-order chi connectivity index (χ0) is 27.0. The summed E-state index contributed by atoms with van der Waals surface area (Å²) in [6, 6.07) is 51.2. The Kier molecular flexibility index (Phi) is 5.12. The molecule has 41 heavy (non-hydrogen) atoms. The number of hydrogen-bond donors (Lipinski definition) is 0. The standard InChI is InChI=1S/C36H23NOS2Si/c1-3-13-27-25(11-1)37(26-12-2-4-14-28(26)38-27)24-21-22-32-36(23-24)41(35-20-10-7-17-31(35)40-32)33-18-8-5-15-29(33)39-30-16-6-9-19-34(30)41/h1-23H. The first-order valence-corrected chi connectivity index (χ1v) is 17.4. The number of benzene rings is 6. The van der Waals surface area contributed by atoms with Crippen LogP contribution in [0.15, 0.2) is 159 Å². The lowest BCUT2D eigenvalue weighted by molar-refractivity contribution is 0.477. The van der Waals surface area contributed by atoms with Gasteiger partial charge in [0.05, 0.1) is 11.4 Å². The summed E-state index contributed by atoms with van der Waals surface area (Å²) >= 11 is 3.82. The number of nitrogens with zero attached hydrogens (tertiary/aromatic N) is 1. The van der Waals surface area contributed by atoms with Crippen LogP contribution in [0.3, 0.4) is 0 Å². The molecule has 6 aromatic carbocycles. The van der Waals surface area contributed by atoms with E-state index < -0.39 is 8.07 Å². The summed E-state index contributed by atoms with van der Waals surface area (Å²) < 4.78 is 6.35. The summed E-state index contributed by atoms with van der Waals surface area (Å²) in [7, 11) is -2.63. The van der Waals surface area contributed by atoms with Gasteiger partial charge in [-0.1, -0.05) is 102 Å². The first kappa shape index (κ1) is 23.5. The largest absolute Gasteiger partial charge is 0.453 e. The molecule has 194 valence electrons. The maximum atomic E-state index is 6.35. The lowest BCUT2D eigenvalue weighted by atomic mass is 10.1. The van der Waals surface area contributed by atoms with Crippen LogP contribution < -0.4 is 30.4 Å². The van der Waals surface area contributed by atoms with E-state index in [1.165, 1.54) is 40.3 Å². The van der Waals surface area contributed by atoms with Crippen LogP contribution in [-0.2, 0) is 0 Å². The van der Waals surface area contributed by atoms with Crippen LogP contribution in [0.4, 0.5) is 17.1 Å². The summed E-state index contributed by atoms with van der Waals surface area (Å²) in [6.45, 7) is 0. The second kappa shape index (κ2) is 8.92. The molecular weight excluding hydrogens is 555 g/mol. The normalized spacial score (nSPS) is 15.0. The molecule has 0 N–H and O–H groups in total. The van der Waals surface area contributed by atoms with Crippen LogP contribution in [0.1, 0.15) is 0 Å². The third kappa shape index (κ3) is 3.28. The first-order chi connectivity index (χ1) is 20.3. The van der Waals surface area contributed by atoms with Crippen molar-refractivity contribution in [2.75, 3.05) is 4.90 Å². The molecule has 0 radical (unpaired) electrons. The molecule has 2 nitrogen and oxygen atoms in total. The molecule has 0 saturated carbocycles. The molecule has 3 aliphatic rings. The van der Waals surface area contributed by atoms with Gasteiger partial charge in [-0.15, -0.1) is 0 Å². The summed E-state index contributed by atoms with van der Waals surface area (Å²) in [5, 5.41) is 5.91. The van der Waals surface area contributed by atoms with Crippen molar-refractivity contribution in [2.24, 2.45) is 0 Å². The topological polar surface area (TPSA) is 12.5 Å². The zero-order valence-electron chi connectivity index (χ0n) is 22.0. The number of para-hydroxylation sites is 4. The van der Waals surface area contributed by atoms with E-state index in [4.69, 9.17) is 4.74 Å². The fraction of sp³-hybridized carbons (Fsp3) is 0. The average Bonchev–Trinajstić information content (AvgIpc) is 3.03. The van der Waals surface area contributed by atoms with E-state index in [0.717, 1.165) is 28.6 Å². The molecule has 0 aliphatic carbocycles. The van der Waals surface area contributed by atoms with Gasteiger partial charge in [-0.25, -0.2) is 0 Å². The minimum atomic E-state index is -2.63. The SMILES string of the molecule is c1ccc2c(c1)Oc1ccccc1N2c1ccc2c(c1)[Si]1(c3ccccc3Sc3ccccc31)c1ccccc1S2. The first-order valence-electron chi connectivity index (χ1n) is 13.8. The summed E-state index contributed by atoms with van der Waals surface area (Å²) in [4.78, 5) is 7.84. The predicted molar refractivity (Wildman–Crippen MR) is 173 cm³/mol. The van der Waals surface area contributed by atoms with Gasteiger partial charge in [0.2, 0.25) is 0 Å². The van der Waals surface area contributed by atoms with Crippen molar-refractivity contribution in [2.45, 2.75) is 19.6 Å². The molecule has 0 saturated heterocycles. The fourth-order valence-corrected chi connectivity index (χ4v) is 15.9. The number of anilines is 3. The maximum absolute atomic E-state index is 6.35. The van der Waals surface area contributed by atoms with Gasteiger partial charge in [-0.3, -0.25) is 0 Å². The van der Waals surface area contributed by atoms with Gasteiger partial charge in [0.1, 0.15) is 0 Å². The number of ether oxygens (including phenoxy) is 1. The molecule has 0 aromatic heterocycles. The average molecular weight is 578 g/mol. The Hall–Kier alpha value is -4.16. The minimum absolute atomic E-state index is 0.875. The Morgan fingerprint density at radius 1 is 0.439 bits per heavy atom. The lowest BCUT2D eigenvalue weighted by Gasteiger charge is -2.44. The number of hydrogen-bond acceptors (Lipinski definition) is 4. The highest BCUT2D eigenvalue weighted by Crippen LogP contribution is 2.50. The van der Waals surface area contributed by atoms with Crippen molar-refractivity contribution in [3.63, 3.8) is 0 Å². The molecule has 0 fully saturated rings. The molecule has 6 aromatic rings. The van der Waals surface area contributed by atoms with Crippen molar-refractivity contribution >= 4 is 69.4 Å². The molecule has 5 heteroatoms. The van der Waals surface area contributed by atoms with Gasteiger partial charge in [0.15, 0.2) is 19.6 Å². The monoisotopic (exact) mass is 577 g/mol. The summed E-state index contributed by atoms with van der Waals surface area (Å²) in [6.07, 6.45) is 0. The van der Waals surface area contributed by atoms with Crippen molar-refractivity contribution in [1.82, 2.24) is 0 Å². The van der Waals surface area contributed by atoms with Crippen molar-refractivity contribution < 1.29 is 4.74 Å². The lowest BCUT2D eigenvalue weighted by Crippen LogP contribution is -2.78. The van der Waals surface area contributed by atoms with E-state index in [2.05, 4.69) is 132 Å². The van der Waals surface area contributed by atoms with E-state index in [0.29, 0.717) is 0 Å². The maximum Gasteiger partial charge on any atom is 0.184 e. The molecule has 0 bridgehead atoms. The molecule has 3 heterocycles.